The van der Waals surface area contributed by atoms with E-state index in [9.17, 15) is 0 Å². The zero-order valence-electron chi connectivity index (χ0n) is 14.7. The fourth-order valence-corrected chi connectivity index (χ4v) is 3.93. The Kier molecular flexibility index (Phi) is 4.98. The van der Waals surface area contributed by atoms with Crippen LogP contribution in [0, 0.1) is 5.92 Å². The molecule has 2 aliphatic rings. The van der Waals surface area contributed by atoms with Crippen molar-refractivity contribution in [1.29, 1.82) is 0 Å². The zero-order chi connectivity index (χ0) is 16.9. The average molecular weight is 330 g/mol. The molecule has 25 heavy (non-hydrogen) atoms. The third kappa shape index (κ3) is 4.02. The molecule has 0 saturated heterocycles. The minimum Gasteiger partial charge on any atom is -0.372 e. The van der Waals surface area contributed by atoms with Crippen LogP contribution in [0.15, 0.2) is 72.8 Å². The van der Waals surface area contributed by atoms with Gasteiger partial charge in [0.25, 0.3) is 0 Å². The molecule has 2 aromatic rings. The van der Waals surface area contributed by atoms with E-state index in [0.29, 0.717) is 0 Å². The molecule has 1 unspecified atom stereocenters. The number of benzene rings is 2. The van der Waals surface area contributed by atoms with E-state index in [2.05, 4.69) is 83.0 Å². The van der Waals surface area contributed by atoms with Crippen molar-refractivity contribution in [3.05, 3.63) is 83.9 Å². The molecule has 0 saturated carbocycles. The molecule has 1 N–H and O–H groups in total. The molecule has 1 atom stereocenters. The highest BCUT2D eigenvalue weighted by atomic mass is 15.2. The van der Waals surface area contributed by atoms with E-state index in [-0.39, 0.29) is 0 Å². The summed E-state index contributed by atoms with van der Waals surface area (Å²) < 4.78 is 0. The number of nitrogens with zero attached hydrogens (tertiary/aromatic N) is 1. The molecule has 0 fully saturated rings. The molecule has 0 bridgehead atoms. The molecule has 4 rings (SSSR count). The van der Waals surface area contributed by atoms with Crippen LogP contribution in [0.3, 0.4) is 0 Å². The Morgan fingerprint density at radius 1 is 0.880 bits per heavy atom. The summed E-state index contributed by atoms with van der Waals surface area (Å²) in [6.45, 7) is 3.16. The quantitative estimate of drug-likeness (QED) is 0.868. The van der Waals surface area contributed by atoms with E-state index in [1.54, 1.807) is 0 Å². The van der Waals surface area contributed by atoms with Crippen LogP contribution in [0.5, 0.6) is 0 Å². The normalized spacial score (nSPS) is 21.2. The third-order valence-electron chi connectivity index (χ3n) is 5.27. The fourth-order valence-electron chi connectivity index (χ4n) is 3.93. The van der Waals surface area contributed by atoms with Crippen molar-refractivity contribution < 1.29 is 0 Å². The van der Waals surface area contributed by atoms with E-state index in [4.69, 9.17) is 0 Å². The van der Waals surface area contributed by atoms with Gasteiger partial charge in [0.15, 0.2) is 0 Å². The Hall–Kier alpha value is -2.32. The SMILES string of the molecule is C1=C(c2ccccc2)CC(CN2CC=C(c3ccccc3)NC2)CC1. The number of allylic oxidation sites excluding steroid dienone is 2. The Morgan fingerprint density at radius 3 is 2.28 bits per heavy atom. The first kappa shape index (κ1) is 16.2. The van der Waals surface area contributed by atoms with Crippen molar-refractivity contribution in [2.45, 2.75) is 19.3 Å². The van der Waals surface area contributed by atoms with Gasteiger partial charge in [-0.1, -0.05) is 66.7 Å². The van der Waals surface area contributed by atoms with E-state index in [1.807, 2.05) is 0 Å². The average Bonchev–Trinajstić information content (AvgIpc) is 2.70. The molecule has 2 aromatic carbocycles. The molecule has 1 aliphatic carbocycles. The summed E-state index contributed by atoms with van der Waals surface area (Å²) in [5.74, 6) is 0.758. The smallest absolute Gasteiger partial charge is 0.0681 e. The largest absolute Gasteiger partial charge is 0.372 e. The second kappa shape index (κ2) is 7.71. The molecule has 0 aromatic heterocycles. The van der Waals surface area contributed by atoms with Crippen molar-refractivity contribution in [2.75, 3.05) is 19.8 Å². The highest BCUT2D eigenvalue weighted by Gasteiger charge is 2.20. The molecule has 2 nitrogen and oxygen atoms in total. The first-order valence-electron chi connectivity index (χ1n) is 9.35. The monoisotopic (exact) mass is 330 g/mol. The summed E-state index contributed by atoms with van der Waals surface area (Å²) in [5.41, 5.74) is 5.48. The maximum absolute atomic E-state index is 3.59. The highest BCUT2D eigenvalue weighted by Crippen LogP contribution is 2.31. The lowest BCUT2D eigenvalue weighted by Gasteiger charge is -2.32. The molecule has 0 radical (unpaired) electrons. The minimum absolute atomic E-state index is 0.758. The van der Waals surface area contributed by atoms with Crippen molar-refractivity contribution in [3.8, 4) is 0 Å². The third-order valence-corrected chi connectivity index (χ3v) is 5.27. The highest BCUT2D eigenvalue weighted by molar-refractivity contribution is 5.66. The van der Waals surface area contributed by atoms with Crippen LogP contribution < -0.4 is 5.32 Å². The molecule has 1 heterocycles. The predicted octanol–water partition coefficient (Wildman–Crippen LogP) is 4.77. The Balaban J connectivity index is 1.35. The van der Waals surface area contributed by atoms with Gasteiger partial charge in [0.1, 0.15) is 0 Å². The van der Waals surface area contributed by atoms with Gasteiger partial charge in [-0.15, -0.1) is 0 Å². The molecule has 2 heteroatoms. The van der Waals surface area contributed by atoms with Crippen LogP contribution in [-0.2, 0) is 0 Å². The van der Waals surface area contributed by atoms with Crippen molar-refractivity contribution in [2.24, 2.45) is 5.92 Å². The summed E-state index contributed by atoms with van der Waals surface area (Å²) in [7, 11) is 0. The summed E-state index contributed by atoms with van der Waals surface area (Å²) in [4.78, 5) is 2.53. The minimum atomic E-state index is 0.758. The molecule has 1 aliphatic heterocycles. The summed E-state index contributed by atoms with van der Waals surface area (Å²) in [5, 5.41) is 3.59. The van der Waals surface area contributed by atoms with Crippen molar-refractivity contribution >= 4 is 11.3 Å². The van der Waals surface area contributed by atoms with Gasteiger partial charge in [0.2, 0.25) is 0 Å². The van der Waals surface area contributed by atoms with Gasteiger partial charge in [-0.3, -0.25) is 4.90 Å². The second-order valence-corrected chi connectivity index (χ2v) is 7.10. The van der Waals surface area contributed by atoms with Crippen LogP contribution in [0.1, 0.15) is 30.4 Å². The van der Waals surface area contributed by atoms with Gasteiger partial charge >= 0.3 is 0 Å². The Bertz CT molecular complexity index is 746. The van der Waals surface area contributed by atoms with E-state index in [0.717, 1.165) is 19.1 Å². The maximum Gasteiger partial charge on any atom is 0.0681 e. The Labute approximate surface area is 150 Å². The predicted molar refractivity (Wildman–Crippen MR) is 106 cm³/mol. The van der Waals surface area contributed by atoms with Gasteiger partial charge in [-0.05, 0) is 48.0 Å². The van der Waals surface area contributed by atoms with E-state index in [1.165, 1.54) is 48.2 Å². The standard InChI is InChI=1S/C23H26N2/c1-3-9-20(10-4-1)22-13-7-8-19(16-22)17-25-15-14-23(24-18-25)21-11-5-2-6-12-21/h1-6,9-14,19,24H,7-8,15-18H2. The number of rotatable bonds is 4. The maximum atomic E-state index is 3.59. The summed E-state index contributed by atoms with van der Waals surface area (Å²) in [6.07, 6.45) is 8.49. The topological polar surface area (TPSA) is 15.3 Å². The fraction of sp³-hybridized carbons (Fsp3) is 0.304. The molecular formula is C23H26N2. The van der Waals surface area contributed by atoms with Gasteiger partial charge in [-0.2, -0.15) is 0 Å². The van der Waals surface area contributed by atoms with Gasteiger partial charge < -0.3 is 5.32 Å². The lowest BCUT2D eigenvalue weighted by Crippen LogP contribution is -2.40. The van der Waals surface area contributed by atoms with Crippen LogP contribution >= 0.6 is 0 Å². The summed E-state index contributed by atoms with van der Waals surface area (Å²) >= 11 is 0. The molecular weight excluding hydrogens is 304 g/mol. The van der Waals surface area contributed by atoms with Gasteiger partial charge in [0, 0.05) is 18.8 Å². The van der Waals surface area contributed by atoms with Crippen LogP contribution in [0.2, 0.25) is 0 Å². The van der Waals surface area contributed by atoms with Crippen LogP contribution in [-0.4, -0.2) is 24.7 Å². The number of hydrogen-bond donors (Lipinski definition) is 1. The molecule has 128 valence electrons. The van der Waals surface area contributed by atoms with Gasteiger partial charge in [-0.25, -0.2) is 0 Å². The first-order chi connectivity index (χ1) is 12.4. The summed E-state index contributed by atoms with van der Waals surface area (Å²) in [6, 6.07) is 21.5. The zero-order valence-corrected chi connectivity index (χ0v) is 14.7. The number of nitrogens with one attached hydrogen (secondary N) is 1. The van der Waals surface area contributed by atoms with Crippen molar-refractivity contribution in [3.63, 3.8) is 0 Å². The Morgan fingerprint density at radius 2 is 1.60 bits per heavy atom. The van der Waals surface area contributed by atoms with Crippen LogP contribution in [0.4, 0.5) is 0 Å². The van der Waals surface area contributed by atoms with Gasteiger partial charge in [0.05, 0.1) is 6.67 Å². The lowest BCUT2D eigenvalue weighted by molar-refractivity contribution is 0.232. The molecule has 0 amide bonds. The number of hydrogen-bond acceptors (Lipinski definition) is 2. The van der Waals surface area contributed by atoms with Crippen LogP contribution in [0.25, 0.3) is 11.3 Å². The second-order valence-electron chi connectivity index (χ2n) is 7.10. The van der Waals surface area contributed by atoms with E-state index < -0.39 is 0 Å². The van der Waals surface area contributed by atoms with E-state index >= 15 is 0 Å². The molecule has 0 spiro atoms. The lowest BCUT2D eigenvalue weighted by atomic mass is 9.85. The first-order valence-corrected chi connectivity index (χ1v) is 9.35. The van der Waals surface area contributed by atoms with Crippen molar-refractivity contribution in [1.82, 2.24) is 10.2 Å².